The van der Waals surface area contributed by atoms with Crippen molar-refractivity contribution >= 4 is 40.3 Å². The summed E-state index contributed by atoms with van der Waals surface area (Å²) in [6, 6.07) is 12.3. The van der Waals surface area contributed by atoms with Gasteiger partial charge in [0.25, 0.3) is 11.6 Å². The van der Waals surface area contributed by atoms with Gasteiger partial charge in [-0.25, -0.2) is 4.99 Å². The number of aliphatic imine (C=N–C) groups is 1. The molecule has 2 N–H and O–H groups in total. The highest BCUT2D eigenvalue weighted by atomic mass is 32.2. The molecular weight excluding hydrogens is 330 g/mol. The summed E-state index contributed by atoms with van der Waals surface area (Å²) in [7, 11) is 0. The molecule has 120 valence electrons. The maximum Gasteiger partial charge on any atom is 0.270 e. The van der Waals surface area contributed by atoms with Gasteiger partial charge >= 0.3 is 0 Å². The van der Waals surface area contributed by atoms with Gasteiger partial charge in [0.2, 0.25) is 0 Å². The number of nitro groups is 1. The van der Waals surface area contributed by atoms with Crippen LogP contribution in [0.15, 0.2) is 58.4 Å². The molecule has 0 aromatic heterocycles. The van der Waals surface area contributed by atoms with Crippen LogP contribution in [0, 0.1) is 10.1 Å². The Morgan fingerprint density at radius 1 is 1.21 bits per heavy atom. The summed E-state index contributed by atoms with van der Waals surface area (Å²) in [4.78, 5) is 27.0. The minimum Gasteiger partial charge on any atom is -0.508 e. The van der Waals surface area contributed by atoms with Crippen LogP contribution < -0.4 is 5.32 Å². The number of hydrogen-bond donors (Lipinski definition) is 2. The van der Waals surface area contributed by atoms with Gasteiger partial charge < -0.3 is 10.4 Å². The number of nitro benzene ring substituents is 1. The highest BCUT2D eigenvalue weighted by Gasteiger charge is 2.24. The second-order valence-electron chi connectivity index (χ2n) is 4.85. The van der Waals surface area contributed by atoms with Crippen LogP contribution in [0.25, 0.3) is 6.08 Å². The fourth-order valence-corrected chi connectivity index (χ4v) is 2.85. The molecule has 0 saturated carbocycles. The first kappa shape index (κ1) is 15.8. The van der Waals surface area contributed by atoms with Gasteiger partial charge in [0.1, 0.15) is 5.75 Å². The number of amides is 1. The van der Waals surface area contributed by atoms with E-state index in [0.717, 1.165) is 11.8 Å². The normalized spacial score (nSPS) is 17.2. The molecule has 1 aliphatic rings. The zero-order chi connectivity index (χ0) is 17.1. The zero-order valence-corrected chi connectivity index (χ0v) is 13.0. The molecule has 1 heterocycles. The first-order valence-corrected chi connectivity index (χ1v) is 7.66. The lowest BCUT2D eigenvalue weighted by Gasteiger charge is -1.96. The Kier molecular flexibility index (Phi) is 4.30. The van der Waals surface area contributed by atoms with Crippen LogP contribution in [0.3, 0.4) is 0 Å². The van der Waals surface area contributed by atoms with Crippen LogP contribution in [0.2, 0.25) is 0 Å². The van der Waals surface area contributed by atoms with Crippen LogP contribution in [-0.4, -0.2) is 21.1 Å². The van der Waals surface area contributed by atoms with E-state index in [1.54, 1.807) is 30.3 Å². The van der Waals surface area contributed by atoms with Crippen LogP contribution >= 0.6 is 11.8 Å². The van der Waals surface area contributed by atoms with Crippen molar-refractivity contribution in [3.63, 3.8) is 0 Å². The molecule has 1 aliphatic heterocycles. The van der Waals surface area contributed by atoms with Crippen LogP contribution in [0.1, 0.15) is 5.56 Å². The lowest BCUT2D eigenvalue weighted by molar-refractivity contribution is -0.384. The fourth-order valence-electron chi connectivity index (χ4n) is 2.00. The molecule has 0 spiro atoms. The number of benzene rings is 2. The monoisotopic (exact) mass is 341 g/mol. The summed E-state index contributed by atoms with van der Waals surface area (Å²) in [5, 5.41) is 23.1. The smallest absolute Gasteiger partial charge is 0.270 e. The first-order chi connectivity index (χ1) is 11.5. The number of nitrogens with zero attached hydrogens (tertiary/aromatic N) is 2. The molecule has 2 aromatic carbocycles. The molecule has 0 bridgehead atoms. The minimum atomic E-state index is -0.485. The van der Waals surface area contributed by atoms with Crippen molar-refractivity contribution in [3.8, 4) is 5.75 Å². The van der Waals surface area contributed by atoms with Crippen LogP contribution in [0.5, 0.6) is 5.75 Å². The second-order valence-corrected chi connectivity index (χ2v) is 5.88. The van der Waals surface area contributed by atoms with E-state index in [1.165, 1.54) is 24.3 Å². The third-order valence-electron chi connectivity index (χ3n) is 3.11. The topological polar surface area (TPSA) is 105 Å². The van der Waals surface area contributed by atoms with Crippen molar-refractivity contribution < 1.29 is 14.8 Å². The molecule has 0 unspecified atom stereocenters. The third kappa shape index (κ3) is 3.61. The Balaban J connectivity index is 1.83. The van der Waals surface area contributed by atoms with Gasteiger partial charge in [-0.1, -0.05) is 12.1 Å². The number of phenolic OH excluding ortho intramolecular Hbond substituents is 1. The summed E-state index contributed by atoms with van der Waals surface area (Å²) >= 11 is 1.14. The zero-order valence-electron chi connectivity index (χ0n) is 12.2. The quantitative estimate of drug-likeness (QED) is 0.507. The summed E-state index contributed by atoms with van der Waals surface area (Å²) in [6.45, 7) is 0. The number of aromatic hydroxyl groups is 1. The maximum absolute atomic E-state index is 12.0. The summed E-state index contributed by atoms with van der Waals surface area (Å²) in [5.74, 6) is -0.183. The van der Waals surface area contributed by atoms with E-state index in [9.17, 15) is 20.0 Å². The van der Waals surface area contributed by atoms with Crippen LogP contribution in [0.4, 0.5) is 11.4 Å². The molecule has 24 heavy (non-hydrogen) atoms. The molecule has 2 aromatic rings. The second kappa shape index (κ2) is 6.55. The number of phenols is 1. The van der Waals surface area contributed by atoms with Crippen molar-refractivity contribution in [3.05, 3.63) is 69.1 Å². The number of carbonyl (C=O) groups is 1. The SMILES string of the molecule is O=C1NC(=Nc2ccc(O)cc2)S/C1=C\c1cccc([N+](=O)[O-])c1. The first-order valence-electron chi connectivity index (χ1n) is 6.84. The molecular formula is C16H11N3O4S. The van der Waals surface area contributed by atoms with E-state index < -0.39 is 4.92 Å². The van der Waals surface area contributed by atoms with E-state index in [1.807, 2.05) is 0 Å². The van der Waals surface area contributed by atoms with E-state index in [2.05, 4.69) is 10.3 Å². The van der Waals surface area contributed by atoms with Crippen molar-refractivity contribution in [1.82, 2.24) is 5.32 Å². The average molecular weight is 341 g/mol. The average Bonchev–Trinajstić information content (AvgIpc) is 2.89. The Hall–Kier alpha value is -3.13. The molecule has 0 radical (unpaired) electrons. The Morgan fingerprint density at radius 2 is 1.96 bits per heavy atom. The third-order valence-corrected chi connectivity index (χ3v) is 4.02. The van der Waals surface area contributed by atoms with Gasteiger partial charge in [-0.05, 0) is 47.7 Å². The van der Waals surface area contributed by atoms with Gasteiger partial charge in [0.15, 0.2) is 5.17 Å². The van der Waals surface area contributed by atoms with E-state index >= 15 is 0 Å². The van der Waals surface area contributed by atoms with Gasteiger partial charge in [0.05, 0.1) is 15.5 Å². The number of rotatable bonds is 3. The lowest BCUT2D eigenvalue weighted by atomic mass is 10.2. The molecule has 1 fully saturated rings. The van der Waals surface area contributed by atoms with Gasteiger partial charge in [-0.3, -0.25) is 14.9 Å². The van der Waals surface area contributed by atoms with Crippen molar-refractivity contribution in [2.75, 3.05) is 0 Å². The van der Waals surface area contributed by atoms with E-state index in [4.69, 9.17) is 0 Å². The molecule has 1 amide bonds. The molecule has 3 rings (SSSR count). The van der Waals surface area contributed by atoms with Crippen LogP contribution in [-0.2, 0) is 4.79 Å². The van der Waals surface area contributed by atoms with E-state index in [0.29, 0.717) is 21.3 Å². The molecule has 7 nitrogen and oxygen atoms in total. The molecule has 0 aliphatic carbocycles. The predicted octanol–water partition coefficient (Wildman–Crippen LogP) is 3.19. The number of carbonyl (C=O) groups excluding carboxylic acids is 1. The number of thioether (sulfide) groups is 1. The fraction of sp³-hybridized carbons (Fsp3) is 0. The van der Waals surface area contributed by atoms with Gasteiger partial charge in [-0.15, -0.1) is 0 Å². The standard InChI is InChI=1S/C16H11N3O4S/c20-13-6-4-11(5-7-13)17-16-18-15(21)14(24-16)9-10-2-1-3-12(8-10)19(22)23/h1-9,20H,(H,17,18,21)/b14-9-. The summed E-state index contributed by atoms with van der Waals surface area (Å²) in [6.07, 6.45) is 1.58. The van der Waals surface area contributed by atoms with Crippen molar-refractivity contribution in [1.29, 1.82) is 0 Å². The highest BCUT2D eigenvalue weighted by molar-refractivity contribution is 8.18. The van der Waals surface area contributed by atoms with Gasteiger partial charge in [-0.2, -0.15) is 0 Å². The van der Waals surface area contributed by atoms with Crippen molar-refractivity contribution in [2.24, 2.45) is 4.99 Å². The summed E-state index contributed by atoms with van der Waals surface area (Å²) in [5.41, 5.74) is 1.12. The van der Waals surface area contributed by atoms with Crippen molar-refractivity contribution in [2.45, 2.75) is 0 Å². The minimum absolute atomic E-state index is 0.0364. The number of nitrogens with one attached hydrogen (secondary N) is 1. The van der Waals surface area contributed by atoms with E-state index in [-0.39, 0.29) is 17.3 Å². The molecule has 8 heteroatoms. The van der Waals surface area contributed by atoms with Gasteiger partial charge in [0, 0.05) is 12.1 Å². The maximum atomic E-state index is 12.0. The predicted molar refractivity (Wildman–Crippen MR) is 92.0 cm³/mol. The highest BCUT2D eigenvalue weighted by Crippen LogP contribution is 2.29. The molecule has 1 saturated heterocycles. The number of hydrogen-bond acceptors (Lipinski definition) is 6. The largest absolute Gasteiger partial charge is 0.508 e. The lowest BCUT2D eigenvalue weighted by Crippen LogP contribution is -2.19. The number of amidine groups is 1. The number of non-ortho nitro benzene ring substituents is 1. The Labute approximate surface area is 140 Å². The Morgan fingerprint density at radius 3 is 2.67 bits per heavy atom. The molecule has 0 atom stereocenters. The summed E-state index contributed by atoms with van der Waals surface area (Å²) < 4.78 is 0. The Bertz CT molecular complexity index is 875.